The van der Waals surface area contributed by atoms with E-state index in [2.05, 4.69) is 4.98 Å². The minimum atomic E-state index is -0.365. The van der Waals surface area contributed by atoms with Gasteiger partial charge in [0.25, 0.3) is 0 Å². The summed E-state index contributed by atoms with van der Waals surface area (Å²) in [6.07, 6.45) is 3.41. The fourth-order valence-electron chi connectivity index (χ4n) is 3.84. The summed E-state index contributed by atoms with van der Waals surface area (Å²) < 4.78 is 7.44. The quantitative estimate of drug-likeness (QED) is 0.603. The highest BCUT2D eigenvalue weighted by molar-refractivity contribution is 6.09. The molecule has 0 unspecified atom stereocenters. The SMILES string of the molecule is CCOC(=O)c1c(CN(C)C)n(C)c2cc(-c3ccncc3)c(O)c(CN(C)C)c12. The number of ether oxygens (including phenoxy) is 1. The van der Waals surface area contributed by atoms with Gasteiger partial charge in [0.15, 0.2) is 0 Å². The summed E-state index contributed by atoms with van der Waals surface area (Å²) >= 11 is 0. The first-order valence-electron chi connectivity index (χ1n) is 9.99. The average Bonchev–Trinajstić information content (AvgIpc) is 2.96. The number of carbonyl (C=O) groups is 1. The molecule has 1 aromatic carbocycles. The number of fused-ring (bicyclic) bond motifs is 1. The number of aromatic hydroxyl groups is 1. The third kappa shape index (κ3) is 4.04. The van der Waals surface area contributed by atoms with Gasteiger partial charge in [0, 0.05) is 54.7 Å². The second kappa shape index (κ2) is 8.85. The van der Waals surface area contributed by atoms with Crippen LogP contribution in [0.2, 0.25) is 0 Å². The molecule has 0 bridgehead atoms. The summed E-state index contributed by atoms with van der Waals surface area (Å²) in [5.41, 5.74) is 4.58. The maximum absolute atomic E-state index is 13.0. The molecule has 0 fully saturated rings. The van der Waals surface area contributed by atoms with Crippen molar-refractivity contribution in [3.63, 3.8) is 0 Å². The highest BCUT2D eigenvalue weighted by atomic mass is 16.5. The number of aryl methyl sites for hydroxylation is 1. The molecule has 3 rings (SSSR count). The fraction of sp³-hybridized carbons (Fsp3) is 0.391. The van der Waals surface area contributed by atoms with E-state index in [1.165, 1.54) is 0 Å². The molecule has 0 aliphatic carbocycles. The van der Waals surface area contributed by atoms with Crippen LogP contribution in [0.1, 0.15) is 28.5 Å². The average molecular weight is 411 g/mol. The third-order valence-electron chi connectivity index (χ3n) is 5.10. The van der Waals surface area contributed by atoms with Gasteiger partial charge in [0.2, 0.25) is 0 Å². The molecule has 0 aliphatic heterocycles. The van der Waals surface area contributed by atoms with Crippen LogP contribution in [0.4, 0.5) is 0 Å². The number of pyridine rings is 1. The van der Waals surface area contributed by atoms with Crippen molar-refractivity contribution in [1.29, 1.82) is 0 Å². The number of hydrogen-bond donors (Lipinski definition) is 1. The molecule has 0 spiro atoms. The Morgan fingerprint density at radius 1 is 1.13 bits per heavy atom. The summed E-state index contributed by atoms with van der Waals surface area (Å²) in [4.78, 5) is 21.1. The van der Waals surface area contributed by atoms with Gasteiger partial charge in [-0.2, -0.15) is 0 Å². The van der Waals surface area contributed by atoms with Gasteiger partial charge >= 0.3 is 5.97 Å². The summed E-state index contributed by atoms with van der Waals surface area (Å²) in [6, 6.07) is 5.69. The van der Waals surface area contributed by atoms with E-state index in [0.29, 0.717) is 36.4 Å². The van der Waals surface area contributed by atoms with Gasteiger partial charge in [0.05, 0.1) is 17.7 Å². The first-order valence-corrected chi connectivity index (χ1v) is 9.99. The van der Waals surface area contributed by atoms with E-state index in [9.17, 15) is 9.90 Å². The molecule has 0 amide bonds. The number of esters is 1. The number of hydrogen-bond acceptors (Lipinski definition) is 6. The monoisotopic (exact) mass is 410 g/mol. The van der Waals surface area contributed by atoms with E-state index in [-0.39, 0.29) is 11.7 Å². The van der Waals surface area contributed by atoms with Crippen LogP contribution in [0.5, 0.6) is 5.75 Å². The molecule has 30 heavy (non-hydrogen) atoms. The first-order chi connectivity index (χ1) is 14.3. The van der Waals surface area contributed by atoms with Crippen molar-refractivity contribution >= 4 is 16.9 Å². The Morgan fingerprint density at radius 2 is 1.77 bits per heavy atom. The second-order valence-corrected chi connectivity index (χ2v) is 7.96. The molecular formula is C23H30N4O3. The molecule has 7 nitrogen and oxygen atoms in total. The fourth-order valence-corrected chi connectivity index (χ4v) is 3.84. The molecular weight excluding hydrogens is 380 g/mol. The van der Waals surface area contributed by atoms with Crippen molar-refractivity contribution in [3.05, 3.63) is 47.4 Å². The van der Waals surface area contributed by atoms with Crippen molar-refractivity contribution in [1.82, 2.24) is 19.4 Å². The van der Waals surface area contributed by atoms with E-state index in [1.54, 1.807) is 19.3 Å². The lowest BCUT2D eigenvalue weighted by Gasteiger charge is -2.17. The predicted molar refractivity (Wildman–Crippen MR) is 119 cm³/mol. The lowest BCUT2D eigenvalue weighted by atomic mass is 9.96. The summed E-state index contributed by atoms with van der Waals surface area (Å²) in [6.45, 7) is 3.15. The highest BCUT2D eigenvalue weighted by Gasteiger charge is 2.28. The van der Waals surface area contributed by atoms with Crippen molar-refractivity contribution in [2.24, 2.45) is 7.05 Å². The molecule has 2 aromatic heterocycles. The Morgan fingerprint density at radius 3 is 2.33 bits per heavy atom. The molecule has 0 saturated carbocycles. The highest BCUT2D eigenvalue weighted by Crippen LogP contribution is 2.41. The van der Waals surface area contributed by atoms with Crippen molar-refractivity contribution < 1.29 is 14.6 Å². The van der Waals surface area contributed by atoms with Crippen molar-refractivity contribution in [3.8, 4) is 16.9 Å². The predicted octanol–water partition coefficient (Wildman–Crippen LogP) is 3.25. The van der Waals surface area contributed by atoms with Crippen LogP contribution in [-0.4, -0.2) is 65.2 Å². The molecule has 3 aromatic rings. The Labute approximate surface area is 177 Å². The van der Waals surface area contributed by atoms with Gasteiger partial charge in [0.1, 0.15) is 5.75 Å². The molecule has 0 saturated heterocycles. The molecule has 0 aliphatic rings. The number of benzene rings is 1. The number of carbonyl (C=O) groups excluding carboxylic acids is 1. The maximum atomic E-state index is 13.0. The normalized spacial score (nSPS) is 11.6. The lowest BCUT2D eigenvalue weighted by molar-refractivity contribution is 0.0526. The zero-order chi connectivity index (χ0) is 22.0. The molecule has 1 N–H and O–H groups in total. The van der Waals surface area contributed by atoms with Gasteiger partial charge in [-0.05, 0) is 58.9 Å². The number of phenols is 1. The van der Waals surface area contributed by atoms with Gasteiger partial charge in [-0.1, -0.05) is 0 Å². The van der Waals surface area contributed by atoms with Crippen molar-refractivity contribution in [2.75, 3.05) is 34.8 Å². The Hall–Kier alpha value is -2.90. The number of rotatable bonds is 7. The molecule has 0 radical (unpaired) electrons. The standard InChI is InChI=1S/C23H30N4O3/c1-7-30-23(29)21-19(14-26(4)5)27(6)18-12-16(15-8-10-24-11-9-15)22(28)17(20(18)21)13-25(2)3/h8-12,28H,7,13-14H2,1-6H3. The van der Waals surface area contributed by atoms with Gasteiger partial charge in [-0.15, -0.1) is 0 Å². The van der Waals surface area contributed by atoms with E-state index >= 15 is 0 Å². The molecule has 2 heterocycles. The third-order valence-corrected chi connectivity index (χ3v) is 5.10. The summed E-state index contributed by atoms with van der Waals surface area (Å²) in [5, 5.41) is 12.0. The van der Waals surface area contributed by atoms with Crippen LogP contribution in [0.3, 0.4) is 0 Å². The Kier molecular flexibility index (Phi) is 6.43. The van der Waals surface area contributed by atoms with E-state index < -0.39 is 0 Å². The summed E-state index contributed by atoms with van der Waals surface area (Å²) in [7, 11) is 9.77. The number of phenolic OH excluding ortho intramolecular Hbond substituents is 1. The van der Waals surface area contributed by atoms with Crippen LogP contribution in [0.15, 0.2) is 30.6 Å². The van der Waals surface area contributed by atoms with Crippen LogP contribution >= 0.6 is 0 Å². The second-order valence-electron chi connectivity index (χ2n) is 7.96. The molecule has 0 atom stereocenters. The first kappa shape index (κ1) is 21.8. The number of nitrogens with zero attached hydrogens (tertiary/aromatic N) is 4. The maximum Gasteiger partial charge on any atom is 0.340 e. The molecule has 160 valence electrons. The van der Waals surface area contributed by atoms with Crippen LogP contribution in [0, 0.1) is 0 Å². The zero-order valence-electron chi connectivity index (χ0n) is 18.6. The van der Waals surface area contributed by atoms with Gasteiger partial charge < -0.3 is 24.2 Å². The smallest absolute Gasteiger partial charge is 0.340 e. The Bertz CT molecular complexity index is 1060. The lowest BCUT2D eigenvalue weighted by Crippen LogP contribution is -2.17. The van der Waals surface area contributed by atoms with E-state index in [4.69, 9.17) is 4.74 Å². The Balaban J connectivity index is 2.43. The number of aromatic nitrogens is 2. The largest absolute Gasteiger partial charge is 0.507 e. The van der Waals surface area contributed by atoms with Crippen LogP contribution in [-0.2, 0) is 24.9 Å². The van der Waals surface area contributed by atoms with Crippen LogP contribution < -0.4 is 0 Å². The minimum absolute atomic E-state index is 0.176. The summed E-state index contributed by atoms with van der Waals surface area (Å²) in [5.74, 6) is -0.189. The van der Waals surface area contributed by atoms with Crippen LogP contribution in [0.25, 0.3) is 22.0 Å². The van der Waals surface area contributed by atoms with E-state index in [1.807, 2.05) is 67.8 Å². The minimum Gasteiger partial charge on any atom is -0.507 e. The van der Waals surface area contributed by atoms with Gasteiger partial charge in [-0.25, -0.2) is 4.79 Å². The van der Waals surface area contributed by atoms with E-state index in [0.717, 1.165) is 22.2 Å². The topological polar surface area (TPSA) is 70.8 Å². The molecule has 7 heteroatoms. The zero-order valence-corrected chi connectivity index (χ0v) is 18.6. The van der Waals surface area contributed by atoms with Crippen molar-refractivity contribution in [2.45, 2.75) is 20.0 Å². The van der Waals surface area contributed by atoms with Gasteiger partial charge in [-0.3, -0.25) is 4.98 Å².